The van der Waals surface area contributed by atoms with Gasteiger partial charge in [0.15, 0.2) is 5.69 Å². The SMILES string of the molecule is COC(=O)c1c(N)c(C#N)cn1-c1cc(Cl)c(Br)cc1C. The third-order valence-electron chi connectivity index (χ3n) is 3.04. The fraction of sp³-hybridized carbons (Fsp3) is 0.143. The van der Waals surface area contributed by atoms with Gasteiger partial charge >= 0.3 is 5.97 Å². The van der Waals surface area contributed by atoms with Crippen molar-refractivity contribution < 1.29 is 9.53 Å². The number of nitrogens with two attached hydrogens (primary N) is 1. The van der Waals surface area contributed by atoms with Crippen LogP contribution in [0.3, 0.4) is 0 Å². The first kappa shape index (κ1) is 15.4. The highest BCUT2D eigenvalue weighted by atomic mass is 79.9. The summed E-state index contributed by atoms with van der Waals surface area (Å²) >= 11 is 9.45. The summed E-state index contributed by atoms with van der Waals surface area (Å²) in [5.41, 5.74) is 7.76. The summed E-state index contributed by atoms with van der Waals surface area (Å²) in [5.74, 6) is -0.618. The van der Waals surface area contributed by atoms with Crippen LogP contribution >= 0.6 is 27.5 Å². The van der Waals surface area contributed by atoms with Gasteiger partial charge in [-0.1, -0.05) is 11.6 Å². The molecule has 7 heteroatoms. The summed E-state index contributed by atoms with van der Waals surface area (Å²) < 4.78 is 7.00. The van der Waals surface area contributed by atoms with Gasteiger partial charge in [-0.15, -0.1) is 0 Å². The van der Waals surface area contributed by atoms with Crippen LogP contribution in [-0.4, -0.2) is 17.6 Å². The van der Waals surface area contributed by atoms with E-state index in [1.54, 1.807) is 6.07 Å². The Balaban J connectivity index is 2.78. The van der Waals surface area contributed by atoms with E-state index >= 15 is 0 Å². The molecule has 0 amide bonds. The molecule has 0 aliphatic carbocycles. The first-order valence-corrected chi connectivity index (χ1v) is 7.03. The fourth-order valence-corrected chi connectivity index (χ4v) is 2.62. The fourth-order valence-electron chi connectivity index (χ4n) is 2.00. The van der Waals surface area contributed by atoms with Crippen LogP contribution in [0, 0.1) is 18.3 Å². The maximum atomic E-state index is 11.9. The van der Waals surface area contributed by atoms with Crippen LogP contribution in [0.5, 0.6) is 0 Å². The van der Waals surface area contributed by atoms with Crippen molar-refractivity contribution in [2.24, 2.45) is 0 Å². The molecule has 0 saturated carbocycles. The van der Waals surface area contributed by atoms with Crippen molar-refractivity contribution in [3.8, 4) is 11.8 Å². The number of rotatable bonds is 2. The van der Waals surface area contributed by atoms with E-state index in [4.69, 9.17) is 27.3 Å². The minimum Gasteiger partial charge on any atom is -0.464 e. The molecular formula is C14H11BrClN3O2. The maximum absolute atomic E-state index is 11.9. The van der Waals surface area contributed by atoms with E-state index in [1.165, 1.54) is 17.9 Å². The molecular weight excluding hydrogens is 358 g/mol. The molecule has 108 valence electrons. The van der Waals surface area contributed by atoms with Gasteiger partial charge in [0.2, 0.25) is 0 Å². The molecule has 0 atom stereocenters. The highest BCUT2D eigenvalue weighted by Gasteiger charge is 2.22. The summed E-state index contributed by atoms with van der Waals surface area (Å²) in [6, 6.07) is 5.46. The molecule has 0 bridgehead atoms. The standard InChI is InChI=1S/C14H11BrClN3O2/c1-7-3-9(15)10(16)4-11(7)19-6-8(5-17)12(18)13(19)14(20)21-2/h3-4,6H,18H2,1-2H3. The monoisotopic (exact) mass is 367 g/mol. The number of ether oxygens (including phenoxy) is 1. The average Bonchev–Trinajstić information content (AvgIpc) is 2.78. The van der Waals surface area contributed by atoms with E-state index in [-0.39, 0.29) is 16.9 Å². The van der Waals surface area contributed by atoms with Crippen molar-refractivity contribution in [2.75, 3.05) is 12.8 Å². The van der Waals surface area contributed by atoms with Gasteiger partial charge in [-0.05, 0) is 40.5 Å². The number of anilines is 1. The third kappa shape index (κ3) is 2.62. The number of benzene rings is 1. The van der Waals surface area contributed by atoms with E-state index < -0.39 is 5.97 Å². The maximum Gasteiger partial charge on any atom is 0.357 e. The number of carbonyl (C=O) groups excluding carboxylic acids is 1. The zero-order valence-electron chi connectivity index (χ0n) is 11.3. The Labute approximate surface area is 135 Å². The Morgan fingerprint density at radius 3 is 2.76 bits per heavy atom. The second-order valence-electron chi connectivity index (χ2n) is 4.33. The quantitative estimate of drug-likeness (QED) is 0.823. The van der Waals surface area contributed by atoms with Crippen molar-refractivity contribution >= 4 is 39.2 Å². The Hall–Kier alpha value is -1.97. The van der Waals surface area contributed by atoms with Crippen molar-refractivity contribution in [1.82, 2.24) is 4.57 Å². The minimum absolute atomic E-state index is 0.0859. The molecule has 0 aliphatic heterocycles. The van der Waals surface area contributed by atoms with E-state index in [2.05, 4.69) is 15.9 Å². The highest BCUT2D eigenvalue weighted by molar-refractivity contribution is 9.10. The number of halogens is 2. The number of esters is 1. The van der Waals surface area contributed by atoms with Crippen LogP contribution < -0.4 is 5.73 Å². The van der Waals surface area contributed by atoms with Crippen LogP contribution in [0.25, 0.3) is 5.69 Å². The normalized spacial score (nSPS) is 10.2. The number of hydrogen-bond acceptors (Lipinski definition) is 4. The third-order valence-corrected chi connectivity index (χ3v) is 4.24. The van der Waals surface area contributed by atoms with Gasteiger partial charge in [0.1, 0.15) is 6.07 Å². The Kier molecular flexibility index (Phi) is 4.26. The molecule has 1 aromatic carbocycles. The zero-order valence-corrected chi connectivity index (χ0v) is 13.6. The largest absolute Gasteiger partial charge is 0.464 e. The molecule has 0 spiro atoms. The summed E-state index contributed by atoms with van der Waals surface area (Å²) in [6.07, 6.45) is 1.49. The first-order valence-electron chi connectivity index (χ1n) is 5.86. The van der Waals surface area contributed by atoms with E-state index in [9.17, 15) is 4.79 Å². The van der Waals surface area contributed by atoms with Crippen LogP contribution in [0.2, 0.25) is 5.02 Å². The highest BCUT2D eigenvalue weighted by Crippen LogP contribution is 2.31. The van der Waals surface area contributed by atoms with Crippen LogP contribution in [0.1, 0.15) is 21.6 Å². The number of nitriles is 1. The molecule has 0 saturated heterocycles. The molecule has 0 fully saturated rings. The summed E-state index contributed by atoms with van der Waals surface area (Å²) in [5, 5.41) is 9.58. The summed E-state index contributed by atoms with van der Waals surface area (Å²) in [7, 11) is 1.26. The number of carbonyl (C=O) groups is 1. The molecule has 1 heterocycles. The lowest BCUT2D eigenvalue weighted by molar-refractivity contribution is 0.0593. The van der Waals surface area contributed by atoms with Gasteiger partial charge in [-0.3, -0.25) is 0 Å². The van der Waals surface area contributed by atoms with Gasteiger partial charge in [-0.25, -0.2) is 4.79 Å². The van der Waals surface area contributed by atoms with Crippen molar-refractivity contribution in [3.63, 3.8) is 0 Å². The van der Waals surface area contributed by atoms with Crippen LogP contribution in [0.15, 0.2) is 22.8 Å². The van der Waals surface area contributed by atoms with Crippen molar-refractivity contribution in [3.05, 3.63) is 44.6 Å². The minimum atomic E-state index is -0.618. The van der Waals surface area contributed by atoms with Gasteiger partial charge < -0.3 is 15.0 Å². The Bertz CT molecular complexity index is 778. The van der Waals surface area contributed by atoms with Gasteiger partial charge in [-0.2, -0.15) is 5.26 Å². The zero-order chi connectivity index (χ0) is 15.7. The number of hydrogen-bond donors (Lipinski definition) is 1. The second kappa shape index (κ2) is 5.80. The molecule has 0 radical (unpaired) electrons. The number of nitrogens with zero attached hydrogens (tertiary/aromatic N) is 2. The van der Waals surface area contributed by atoms with E-state index in [1.807, 2.05) is 19.1 Å². The topological polar surface area (TPSA) is 81.0 Å². The lowest BCUT2D eigenvalue weighted by Crippen LogP contribution is -2.11. The van der Waals surface area contributed by atoms with Crippen molar-refractivity contribution in [1.29, 1.82) is 5.26 Å². The average molecular weight is 369 g/mol. The summed E-state index contributed by atoms with van der Waals surface area (Å²) in [4.78, 5) is 11.9. The molecule has 1 aromatic heterocycles. The van der Waals surface area contributed by atoms with Crippen LogP contribution in [-0.2, 0) is 4.74 Å². The Morgan fingerprint density at radius 2 is 2.19 bits per heavy atom. The molecule has 0 aliphatic rings. The molecule has 2 N–H and O–H groups in total. The lowest BCUT2D eigenvalue weighted by atomic mass is 10.2. The van der Waals surface area contributed by atoms with Gasteiger partial charge in [0.25, 0.3) is 0 Å². The predicted molar refractivity (Wildman–Crippen MR) is 83.7 cm³/mol. The van der Waals surface area contributed by atoms with E-state index in [0.29, 0.717) is 10.7 Å². The van der Waals surface area contributed by atoms with Gasteiger partial charge in [0.05, 0.1) is 29.1 Å². The van der Waals surface area contributed by atoms with E-state index in [0.717, 1.165) is 10.0 Å². The number of aryl methyl sites for hydroxylation is 1. The predicted octanol–water partition coefficient (Wildman–Crippen LogP) is 3.44. The molecule has 2 rings (SSSR count). The van der Waals surface area contributed by atoms with Gasteiger partial charge in [0, 0.05) is 10.7 Å². The number of nitrogen functional groups attached to an aromatic ring is 1. The number of methoxy groups -OCH3 is 1. The van der Waals surface area contributed by atoms with Crippen molar-refractivity contribution in [2.45, 2.75) is 6.92 Å². The van der Waals surface area contributed by atoms with Crippen LogP contribution in [0.4, 0.5) is 5.69 Å². The Morgan fingerprint density at radius 1 is 1.52 bits per heavy atom. The smallest absolute Gasteiger partial charge is 0.357 e. The first-order chi connectivity index (χ1) is 9.90. The molecule has 5 nitrogen and oxygen atoms in total. The summed E-state index contributed by atoms with van der Waals surface area (Å²) in [6.45, 7) is 1.86. The molecule has 0 unspecified atom stereocenters. The molecule has 21 heavy (non-hydrogen) atoms. The second-order valence-corrected chi connectivity index (χ2v) is 5.59. The molecule has 2 aromatic rings. The number of aromatic nitrogens is 1. The lowest BCUT2D eigenvalue weighted by Gasteiger charge is -2.12.